The molecule has 1 aliphatic heterocycles. The zero-order chi connectivity index (χ0) is 29.4. The summed E-state index contributed by atoms with van der Waals surface area (Å²) in [5.74, 6) is -5.40. The first kappa shape index (κ1) is 30.1. The van der Waals surface area contributed by atoms with Crippen molar-refractivity contribution in [1.29, 1.82) is 0 Å². The van der Waals surface area contributed by atoms with Gasteiger partial charge in [-0.15, -0.1) is 0 Å². The number of nitrogens with zero attached hydrogens (tertiary/aromatic N) is 1. The third kappa shape index (κ3) is 8.25. The number of aliphatic hydroxyl groups excluding tert-OH is 1. The zero-order valence-electron chi connectivity index (χ0n) is 21.5. The van der Waals surface area contributed by atoms with E-state index in [0.717, 1.165) is 10.5 Å². The molecule has 0 bridgehead atoms. The topological polar surface area (TPSA) is 220 Å². The predicted molar refractivity (Wildman–Crippen MR) is 140 cm³/mol. The number of amides is 3. The number of benzene rings is 2. The number of β-amino-alcohol motifs (C(OH)–C–C–N with tert-alkyl or cyclic N) is 1. The van der Waals surface area contributed by atoms with E-state index in [2.05, 4.69) is 10.6 Å². The van der Waals surface area contributed by atoms with Crippen LogP contribution in [-0.2, 0) is 36.8 Å². The van der Waals surface area contributed by atoms with Gasteiger partial charge in [-0.3, -0.25) is 19.2 Å². The Morgan fingerprint density at radius 3 is 2.08 bits per heavy atom. The van der Waals surface area contributed by atoms with Crippen LogP contribution in [0.5, 0.6) is 5.75 Å². The summed E-state index contributed by atoms with van der Waals surface area (Å²) in [6.07, 6.45) is -2.15. The van der Waals surface area contributed by atoms with Crippen LogP contribution in [0.15, 0.2) is 54.6 Å². The number of likely N-dealkylation sites (tertiary alicyclic amines) is 1. The van der Waals surface area contributed by atoms with Gasteiger partial charge in [-0.1, -0.05) is 42.5 Å². The molecule has 1 saturated heterocycles. The second-order valence-electron chi connectivity index (χ2n) is 9.62. The monoisotopic (exact) mass is 556 g/mol. The number of carbonyl (C=O) groups is 5. The summed E-state index contributed by atoms with van der Waals surface area (Å²) in [6, 6.07) is 9.37. The van der Waals surface area contributed by atoms with E-state index in [0.29, 0.717) is 5.56 Å². The van der Waals surface area contributed by atoms with Gasteiger partial charge in [-0.25, -0.2) is 4.79 Å². The third-order valence-corrected chi connectivity index (χ3v) is 6.48. The number of aliphatic hydroxyl groups is 1. The van der Waals surface area contributed by atoms with Crippen molar-refractivity contribution in [2.45, 2.75) is 56.0 Å². The van der Waals surface area contributed by atoms with Crippen molar-refractivity contribution < 1.29 is 44.4 Å². The number of nitrogens with two attached hydrogens (primary N) is 1. The largest absolute Gasteiger partial charge is 0.508 e. The van der Waals surface area contributed by atoms with Gasteiger partial charge < -0.3 is 41.7 Å². The predicted octanol–water partition coefficient (Wildman–Crippen LogP) is -1.00. The fraction of sp³-hybridized carbons (Fsp3) is 0.370. The summed E-state index contributed by atoms with van der Waals surface area (Å²) in [6.45, 7) is -0.343. The van der Waals surface area contributed by atoms with Crippen molar-refractivity contribution in [2.24, 2.45) is 5.73 Å². The Bertz CT molecular complexity index is 1220. The van der Waals surface area contributed by atoms with Crippen LogP contribution >= 0.6 is 0 Å². The molecule has 0 saturated carbocycles. The van der Waals surface area contributed by atoms with Gasteiger partial charge >= 0.3 is 11.9 Å². The number of hydrogen-bond donors (Lipinski definition) is 7. The number of aliphatic carboxylic acids is 2. The molecule has 40 heavy (non-hydrogen) atoms. The zero-order valence-corrected chi connectivity index (χ0v) is 21.5. The van der Waals surface area contributed by atoms with Gasteiger partial charge in [0, 0.05) is 19.4 Å². The molecule has 13 heteroatoms. The van der Waals surface area contributed by atoms with Crippen molar-refractivity contribution in [1.82, 2.24) is 15.5 Å². The number of carboxylic acids is 2. The van der Waals surface area contributed by atoms with Crippen molar-refractivity contribution in [3.8, 4) is 5.75 Å². The number of hydrogen-bond acceptors (Lipinski definition) is 8. The van der Waals surface area contributed by atoms with Crippen molar-refractivity contribution >= 4 is 29.7 Å². The quantitative estimate of drug-likeness (QED) is 0.169. The molecule has 0 radical (unpaired) electrons. The SMILES string of the molecule is N[C@@H](Cc1ccccc1)C(=O)N[C@@H](Cc1ccc(O)cc1)C(=O)N[C@@H](CC(=O)O)C(=O)N1C[C@H](O)C[C@H]1C(=O)O. The average molecular weight is 557 g/mol. The molecule has 0 unspecified atom stereocenters. The van der Waals surface area contributed by atoms with Gasteiger partial charge in [0.15, 0.2) is 0 Å². The second-order valence-corrected chi connectivity index (χ2v) is 9.62. The number of aromatic hydroxyl groups is 1. The van der Waals surface area contributed by atoms with Gasteiger partial charge in [0.25, 0.3) is 0 Å². The highest BCUT2D eigenvalue weighted by atomic mass is 16.4. The number of phenols is 1. The van der Waals surface area contributed by atoms with E-state index in [1.165, 1.54) is 24.3 Å². The average Bonchev–Trinajstić information content (AvgIpc) is 3.31. The van der Waals surface area contributed by atoms with E-state index < -0.39 is 66.4 Å². The highest BCUT2D eigenvalue weighted by Crippen LogP contribution is 2.20. The highest BCUT2D eigenvalue weighted by molar-refractivity contribution is 5.96. The molecule has 2 aromatic rings. The molecule has 0 aromatic heterocycles. The molecule has 1 heterocycles. The smallest absolute Gasteiger partial charge is 0.326 e. The van der Waals surface area contributed by atoms with E-state index >= 15 is 0 Å². The Hall–Kier alpha value is -4.49. The molecule has 3 amide bonds. The maximum atomic E-state index is 13.4. The minimum Gasteiger partial charge on any atom is -0.508 e. The normalized spacial score (nSPS) is 18.8. The van der Waals surface area contributed by atoms with Crippen molar-refractivity contribution in [3.63, 3.8) is 0 Å². The number of carbonyl (C=O) groups excluding carboxylic acids is 3. The molecule has 3 rings (SSSR count). The molecule has 0 aliphatic carbocycles. The number of nitrogens with one attached hydrogen (secondary N) is 2. The first-order valence-electron chi connectivity index (χ1n) is 12.6. The Kier molecular flexibility index (Phi) is 10.2. The van der Waals surface area contributed by atoms with Crippen molar-refractivity contribution in [2.75, 3.05) is 6.54 Å². The lowest BCUT2D eigenvalue weighted by Gasteiger charge is -2.28. The van der Waals surface area contributed by atoms with Crippen LogP contribution in [0.3, 0.4) is 0 Å². The van der Waals surface area contributed by atoms with Crippen molar-refractivity contribution in [3.05, 3.63) is 65.7 Å². The maximum absolute atomic E-state index is 13.4. The van der Waals surface area contributed by atoms with Crippen LogP contribution in [0, 0.1) is 0 Å². The number of carboxylic acid groups (broad SMARTS) is 2. The van der Waals surface area contributed by atoms with Crippen LogP contribution in [0.2, 0.25) is 0 Å². The fourth-order valence-corrected chi connectivity index (χ4v) is 4.46. The molecule has 13 nitrogen and oxygen atoms in total. The summed E-state index contributed by atoms with van der Waals surface area (Å²) in [5.41, 5.74) is 7.39. The lowest BCUT2D eigenvalue weighted by molar-refractivity contribution is -0.150. The van der Waals surface area contributed by atoms with Gasteiger partial charge in [-0.2, -0.15) is 0 Å². The van der Waals surface area contributed by atoms with Gasteiger partial charge in [0.2, 0.25) is 17.7 Å². The minimum atomic E-state index is -1.67. The number of phenolic OH excluding ortho intramolecular Hbond substituents is 1. The standard InChI is InChI=1S/C27H32N4O9/c28-19(10-15-4-2-1-3-5-15)24(36)29-20(11-16-6-8-17(32)9-7-16)25(37)30-21(13-23(34)35)26(38)31-14-18(33)12-22(31)27(39)40/h1-9,18-22,32-33H,10-14,28H2,(H,29,36)(H,30,37)(H,34,35)(H,39,40)/t18-,19+,20+,21+,22+/m1/s1. The Morgan fingerprint density at radius 1 is 0.875 bits per heavy atom. The molecular formula is C27H32N4O9. The molecule has 5 atom stereocenters. The van der Waals surface area contributed by atoms with Gasteiger partial charge in [-0.05, 0) is 29.7 Å². The first-order chi connectivity index (χ1) is 18.9. The fourth-order valence-electron chi connectivity index (χ4n) is 4.46. The first-order valence-corrected chi connectivity index (χ1v) is 12.6. The lowest BCUT2D eigenvalue weighted by atomic mass is 10.0. The Balaban J connectivity index is 1.81. The van der Waals surface area contributed by atoms with E-state index in [1.54, 1.807) is 24.3 Å². The summed E-state index contributed by atoms with van der Waals surface area (Å²) in [4.78, 5) is 63.4. The Labute approximate surface area is 229 Å². The van der Waals surface area contributed by atoms with Gasteiger partial charge in [0.05, 0.1) is 18.6 Å². The highest BCUT2D eigenvalue weighted by Gasteiger charge is 2.42. The summed E-state index contributed by atoms with van der Waals surface area (Å²) < 4.78 is 0. The van der Waals surface area contributed by atoms with Crippen LogP contribution in [-0.4, -0.2) is 91.8 Å². The van der Waals surface area contributed by atoms with Crippen LogP contribution in [0.4, 0.5) is 0 Å². The van der Waals surface area contributed by atoms with Gasteiger partial charge in [0.1, 0.15) is 23.9 Å². The summed E-state index contributed by atoms with van der Waals surface area (Å²) in [5, 5.41) is 43.2. The molecule has 8 N–H and O–H groups in total. The molecular weight excluding hydrogens is 524 g/mol. The third-order valence-electron chi connectivity index (χ3n) is 6.48. The number of rotatable bonds is 12. The minimum absolute atomic E-state index is 0.0217. The summed E-state index contributed by atoms with van der Waals surface area (Å²) in [7, 11) is 0. The summed E-state index contributed by atoms with van der Waals surface area (Å²) >= 11 is 0. The van der Waals surface area contributed by atoms with Crippen LogP contribution < -0.4 is 16.4 Å². The maximum Gasteiger partial charge on any atom is 0.326 e. The lowest BCUT2D eigenvalue weighted by Crippen LogP contribution is -2.58. The molecule has 2 aromatic carbocycles. The van der Waals surface area contributed by atoms with E-state index in [4.69, 9.17) is 5.73 Å². The molecule has 1 aliphatic rings. The van der Waals surface area contributed by atoms with E-state index in [9.17, 15) is 44.4 Å². The van der Waals surface area contributed by atoms with Crippen LogP contribution in [0.25, 0.3) is 0 Å². The van der Waals surface area contributed by atoms with Crippen LogP contribution in [0.1, 0.15) is 24.0 Å². The van der Waals surface area contributed by atoms with E-state index in [-0.39, 0.29) is 31.6 Å². The van der Waals surface area contributed by atoms with E-state index in [1.807, 2.05) is 6.07 Å². The molecule has 0 spiro atoms. The second kappa shape index (κ2) is 13.5. The molecule has 214 valence electrons. The molecule has 1 fully saturated rings. The Morgan fingerprint density at radius 2 is 1.48 bits per heavy atom.